The van der Waals surface area contributed by atoms with Crippen LogP contribution in [-0.4, -0.2) is 39.7 Å². The third-order valence-corrected chi connectivity index (χ3v) is 4.92. The van der Waals surface area contributed by atoms with Crippen LogP contribution in [0.15, 0.2) is 12.4 Å². The molecular formula is C17H24ArN6O2. The molecule has 142 valence electrons. The molecule has 0 atom stereocenters. The van der Waals surface area contributed by atoms with E-state index in [1.807, 2.05) is 6.92 Å². The molecule has 2 aromatic heterocycles. The molecule has 2 amide bonds. The first-order valence-electron chi connectivity index (χ1n) is 8.67. The van der Waals surface area contributed by atoms with Gasteiger partial charge in [-0.05, 0) is 32.6 Å². The van der Waals surface area contributed by atoms with Crippen molar-refractivity contribution in [3.05, 3.63) is 18.0 Å². The Balaban J connectivity index is 0.00000243. The smallest absolute Gasteiger partial charge is 0.254 e. The van der Waals surface area contributed by atoms with Gasteiger partial charge in [0, 0.05) is 69.5 Å². The molecule has 1 aliphatic carbocycles. The molecule has 0 spiro atoms. The van der Waals surface area contributed by atoms with Gasteiger partial charge in [0.05, 0.1) is 22.8 Å². The molecule has 4 N–H and O–H groups in total. The van der Waals surface area contributed by atoms with E-state index < -0.39 is 0 Å². The van der Waals surface area contributed by atoms with Gasteiger partial charge in [-0.1, -0.05) is 0 Å². The fourth-order valence-corrected chi connectivity index (χ4v) is 3.45. The van der Waals surface area contributed by atoms with E-state index in [0.29, 0.717) is 12.1 Å². The first-order valence-corrected chi connectivity index (χ1v) is 8.67. The maximum absolute atomic E-state index is 12.3. The maximum Gasteiger partial charge on any atom is 0.254 e. The normalized spacial score (nSPS) is 19.6. The van der Waals surface area contributed by atoms with Crippen LogP contribution in [0.2, 0.25) is 0 Å². The van der Waals surface area contributed by atoms with Crippen molar-refractivity contribution < 1.29 is 47.3 Å². The first-order chi connectivity index (χ1) is 12.0. The van der Waals surface area contributed by atoms with Crippen molar-refractivity contribution in [3.63, 3.8) is 0 Å². The average molecular weight is 384 g/mol. The van der Waals surface area contributed by atoms with Crippen molar-refractivity contribution >= 4 is 28.5 Å². The number of fused-ring (bicyclic) bond motifs is 1. The van der Waals surface area contributed by atoms with E-state index >= 15 is 0 Å². The standard InChI is InChI=1S/C17H24N6O2.Ar/c1-3-23-16-12(9-21-23)14(13(8-20-16)17(25)19-2)22-11-6-4-10(5-7-11)15(18)24;/h8-11H,3-7H2,1-2H3,(H2,18,24)(H,19,25)(H,20,22);. The fourth-order valence-electron chi connectivity index (χ4n) is 3.45. The van der Waals surface area contributed by atoms with Crippen molar-refractivity contribution in [2.24, 2.45) is 11.7 Å². The van der Waals surface area contributed by atoms with Gasteiger partial charge in [0.2, 0.25) is 5.91 Å². The van der Waals surface area contributed by atoms with E-state index in [2.05, 4.69) is 20.7 Å². The molecular weight excluding hydrogens is 360 g/mol. The Morgan fingerprint density at radius 1 is 1.27 bits per heavy atom. The number of carbonyl (C=O) groups excluding carboxylic acids is 2. The van der Waals surface area contributed by atoms with E-state index in [1.54, 1.807) is 24.1 Å². The first kappa shape index (κ1) is 20.9. The molecule has 0 aliphatic heterocycles. The number of nitrogens with one attached hydrogen (secondary N) is 2. The monoisotopic (exact) mass is 384 g/mol. The van der Waals surface area contributed by atoms with Gasteiger partial charge in [-0.3, -0.25) is 9.59 Å². The summed E-state index contributed by atoms with van der Waals surface area (Å²) >= 11 is 0. The number of nitrogens with zero attached hydrogens (tertiary/aromatic N) is 3. The molecule has 0 radical (unpaired) electrons. The van der Waals surface area contributed by atoms with E-state index in [1.165, 1.54) is 0 Å². The second-order valence-corrected chi connectivity index (χ2v) is 6.42. The molecule has 1 aliphatic rings. The Hall–Kier alpha value is -1.38. The molecule has 8 nitrogen and oxygen atoms in total. The fraction of sp³-hybridized carbons (Fsp3) is 0.529. The second-order valence-electron chi connectivity index (χ2n) is 6.42. The van der Waals surface area contributed by atoms with Crippen LogP contribution < -0.4 is 16.4 Å². The van der Waals surface area contributed by atoms with Crippen molar-refractivity contribution in [1.29, 1.82) is 0 Å². The number of pyridine rings is 1. The number of primary amides is 1. The SMILES string of the molecule is CCn1ncc2c(NC3CCC(C(N)=O)CC3)c(C(=O)NC)cnc21.[Ar]. The van der Waals surface area contributed by atoms with Gasteiger partial charge < -0.3 is 16.4 Å². The number of rotatable bonds is 5. The zero-order chi connectivity index (χ0) is 18.0. The molecule has 0 saturated heterocycles. The number of aryl methyl sites for hydroxylation is 1. The quantitative estimate of drug-likeness (QED) is 0.718. The topological polar surface area (TPSA) is 115 Å². The minimum absolute atomic E-state index is 0. The number of anilines is 1. The third-order valence-electron chi connectivity index (χ3n) is 4.92. The maximum atomic E-state index is 12.3. The summed E-state index contributed by atoms with van der Waals surface area (Å²) in [6, 6.07) is 0.189. The Morgan fingerprint density at radius 2 is 1.96 bits per heavy atom. The van der Waals surface area contributed by atoms with Crippen molar-refractivity contribution in [1.82, 2.24) is 20.1 Å². The van der Waals surface area contributed by atoms with Crippen LogP contribution in [0.25, 0.3) is 11.0 Å². The summed E-state index contributed by atoms with van der Waals surface area (Å²) in [5.41, 5.74) is 7.42. The number of hydrogen-bond acceptors (Lipinski definition) is 5. The van der Waals surface area contributed by atoms with E-state index in [-0.39, 0.29) is 61.5 Å². The predicted molar refractivity (Wildman–Crippen MR) is 95.2 cm³/mol. The van der Waals surface area contributed by atoms with Gasteiger partial charge >= 0.3 is 0 Å². The van der Waals surface area contributed by atoms with Gasteiger partial charge in [0.25, 0.3) is 5.91 Å². The van der Waals surface area contributed by atoms with Gasteiger partial charge in [-0.15, -0.1) is 0 Å². The minimum atomic E-state index is -0.222. The number of nitrogens with two attached hydrogens (primary N) is 1. The number of hydrogen-bond donors (Lipinski definition) is 3. The average Bonchev–Trinajstić information content (AvgIpc) is 3.05. The Kier molecular flexibility index (Phi) is 7.25. The Bertz CT molecular complexity index is 798. The molecule has 0 unspecified atom stereocenters. The molecule has 1 fully saturated rings. The number of amides is 2. The zero-order valence-electron chi connectivity index (χ0n) is 14.9. The number of aromatic nitrogens is 3. The minimum Gasteiger partial charge on any atom is -0.381 e. The molecule has 0 bridgehead atoms. The summed E-state index contributed by atoms with van der Waals surface area (Å²) in [6.45, 7) is 2.71. The van der Waals surface area contributed by atoms with Gasteiger partial charge in [0.1, 0.15) is 0 Å². The molecule has 3 rings (SSSR count). The van der Waals surface area contributed by atoms with Crippen LogP contribution in [0.5, 0.6) is 0 Å². The Morgan fingerprint density at radius 3 is 2.54 bits per heavy atom. The van der Waals surface area contributed by atoms with Crippen LogP contribution in [0.3, 0.4) is 0 Å². The molecule has 26 heavy (non-hydrogen) atoms. The van der Waals surface area contributed by atoms with Crippen LogP contribution in [0, 0.1) is 43.7 Å². The summed E-state index contributed by atoms with van der Waals surface area (Å²) in [5.74, 6) is -0.455. The second kappa shape index (κ2) is 9.01. The summed E-state index contributed by atoms with van der Waals surface area (Å²) in [6.07, 6.45) is 6.55. The van der Waals surface area contributed by atoms with E-state index in [9.17, 15) is 9.59 Å². The summed E-state index contributed by atoms with van der Waals surface area (Å²) in [4.78, 5) is 28.0. The third kappa shape index (κ3) is 4.13. The van der Waals surface area contributed by atoms with Crippen LogP contribution >= 0.6 is 0 Å². The summed E-state index contributed by atoms with van der Waals surface area (Å²) in [7, 11) is 1.60. The zero-order valence-corrected chi connectivity index (χ0v) is 15.6. The summed E-state index contributed by atoms with van der Waals surface area (Å²) in [5, 5.41) is 11.3. The van der Waals surface area contributed by atoms with Crippen LogP contribution in [0.4, 0.5) is 5.69 Å². The molecule has 0 aromatic carbocycles. The van der Waals surface area contributed by atoms with Crippen LogP contribution in [0.1, 0.15) is 43.0 Å². The molecule has 9 heteroatoms. The predicted octanol–water partition coefficient (Wildman–Crippen LogP) is 1.27. The number of carbonyl (C=O) groups is 2. The Labute approximate surface area is 182 Å². The van der Waals surface area contributed by atoms with E-state index in [4.69, 9.17) is 5.73 Å². The largest absolute Gasteiger partial charge is 0.381 e. The molecule has 2 aromatic rings. The van der Waals surface area contributed by atoms with Gasteiger partial charge in [0.15, 0.2) is 5.65 Å². The van der Waals surface area contributed by atoms with Crippen molar-refractivity contribution in [2.75, 3.05) is 12.4 Å². The van der Waals surface area contributed by atoms with E-state index in [0.717, 1.165) is 42.4 Å². The molecule has 1 saturated carbocycles. The van der Waals surface area contributed by atoms with Crippen molar-refractivity contribution in [3.8, 4) is 0 Å². The summed E-state index contributed by atoms with van der Waals surface area (Å²) < 4.78 is 1.80. The van der Waals surface area contributed by atoms with Crippen LogP contribution in [-0.2, 0) is 11.3 Å². The van der Waals surface area contributed by atoms with Gasteiger partial charge in [-0.2, -0.15) is 5.10 Å². The van der Waals surface area contributed by atoms with Crippen molar-refractivity contribution in [2.45, 2.75) is 45.2 Å². The van der Waals surface area contributed by atoms with Gasteiger partial charge in [-0.25, -0.2) is 9.67 Å². The molecule has 2 heterocycles.